The van der Waals surface area contributed by atoms with Gasteiger partial charge >= 0.3 is 6.18 Å². The summed E-state index contributed by atoms with van der Waals surface area (Å²) in [5, 5.41) is 0. The van der Waals surface area contributed by atoms with E-state index in [2.05, 4.69) is 4.98 Å². The number of carbonyl (C=O) groups is 1. The minimum Gasteiger partial charge on any atom is -0.355 e. The molecule has 6 heteroatoms. The van der Waals surface area contributed by atoms with Gasteiger partial charge in [-0.05, 0) is 25.0 Å². The highest BCUT2D eigenvalue weighted by Gasteiger charge is 2.36. The average Bonchev–Trinajstić information content (AvgIpc) is 2.38. The first-order valence-corrected chi connectivity index (χ1v) is 5.75. The van der Waals surface area contributed by atoms with Gasteiger partial charge in [-0.1, -0.05) is 0 Å². The summed E-state index contributed by atoms with van der Waals surface area (Å²) in [6, 6.07) is 2.29. The summed E-state index contributed by atoms with van der Waals surface area (Å²) < 4.78 is 38.5. The molecule has 0 aliphatic carbocycles. The van der Waals surface area contributed by atoms with E-state index in [4.69, 9.17) is 0 Å². The topological polar surface area (TPSA) is 33.2 Å². The third kappa shape index (κ3) is 2.63. The Kier molecular flexibility index (Phi) is 3.54. The number of hydrogen-bond donors (Lipinski definition) is 0. The molecule has 1 aromatic rings. The lowest BCUT2D eigenvalue weighted by Crippen LogP contribution is -2.37. The maximum atomic E-state index is 12.8. The van der Waals surface area contributed by atoms with Gasteiger partial charge < -0.3 is 9.69 Å². The SMILES string of the molecule is O=CC1CCCN(c2ncccc2C(F)(F)F)C1. The molecule has 0 aromatic carbocycles. The minimum atomic E-state index is -4.42. The molecule has 1 aromatic heterocycles. The molecule has 1 saturated heterocycles. The van der Waals surface area contributed by atoms with Crippen LogP contribution in [0.1, 0.15) is 18.4 Å². The molecule has 0 amide bonds. The molecule has 1 aliphatic rings. The molecule has 18 heavy (non-hydrogen) atoms. The quantitative estimate of drug-likeness (QED) is 0.764. The maximum absolute atomic E-state index is 12.8. The van der Waals surface area contributed by atoms with Crippen LogP contribution in [-0.2, 0) is 11.0 Å². The Morgan fingerprint density at radius 3 is 2.89 bits per heavy atom. The number of aromatic nitrogens is 1. The van der Waals surface area contributed by atoms with Crippen LogP contribution in [-0.4, -0.2) is 24.4 Å². The second kappa shape index (κ2) is 4.96. The fourth-order valence-electron chi connectivity index (χ4n) is 2.18. The summed E-state index contributed by atoms with van der Waals surface area (Å²) in [5.74, 6) is -0.279. The Labute approximate surface area is 103 Å². The molecule has 0 saturated carbocycles. The first-order chi connectivity index (χ1) is 8.52. The molecule has 0 spiro atoms. The molecule has 3 nitrogen and oxygen atoms in total. The fraction of sp³-hybridized carbons (Fsp3) is 0.500. The van der Waals surface area contributed by atoms with E-state index in [1.165, 1.54) is 12.3 Å². The van der Waals surface area contributed by atoms with Crippen molar-refractivity contribution in [2.75, 3.05) is 18.0 Å². The third-order valence-electron chi connectivity index (χ3n) is 3.04. The molecular weight excluding hydrogens is 245 g/mol. The predicted molar refractivity (Wildman–Crippen MR) is 60.2 cm³/mol. The van der Waals surface area contributed by atoms with Crippen LogP contribution in [0, 0.1) is 5.92 Å². The Balaban J connectivity index is 2.30. The number of anilines is 1. The summed E-state index contributed by atoms with van der Waals surface area (Å²) in [6.45, 7) is 0.814. The normalized spacial score (nSPS) is 20.8. The molecule has 1 aliphatic heterocycles. The van der Waals surface area contributed by atoms with Gasteiger partial charge in [-0.3, -0.25) is 0 Å². The molecule has 98 valence electrons. The summed E-state index contributed by atoms with van der Waals surface area (Å²) in [7, 11) is 0. The van der Waals surface area contributed by atoms with E-state index < -0.39 is 11.7 Å². The van der Waals surface area contributed by atoms with Crippen molar-refractivity contribution in [2.24, 2.45) is 5.92 Å². The summed E-state index contributed by atoms with van der Waals surface area (Å²) in [5.41, 5.74) is -0.739. The van der Waals surface area contributed by atoms with Gasteiger partial charge in [0.05, 0.1) is 5.56 Å². The molecule has 1 atom stereocenters. The smallest absolute Gasteiger partial charge is 0.355 e. The van der Waals surface area contributed by atoms with Gasteiger partial charge in [0, 0.05) is 25.2 Å². The van der Waals surface area contributed by atoms with Gasteiger partial charge in [0.15, 0.2) is 0 Å². The van der Waals surface area contributed by atoms with Gasteiger partial charge in [0.2, 0.25) is 0 Å². The highest BCUT2D eigenvalue weighted by molar-refractivity contribution is 5.57. The largest absolute Gasteiger partial charge is 0.419 e. The Bertz CT molecular complexity index is 434. The van der Waals surface area contributed by atoms with Crippen LogP contribution < -0.4 is 4.90 Å². The van der Waals surface area contributed by atoms with Crippen molar-refractivity contribution in [2.45, 2.75) is 19.0 Å². The zero-order valence-corrected chi connectivity index (χ0v) is 9.65. The van der Waals surface area contributed by atoms with Gasteiger partial charge in [-0.25, -0.2) is 4.98 Å². The summed E-state index contributed by atoms with van der Waals surface area (Å²) in [6.07, 6.45) is -0.833. The highest BCUT2D eigenvalue weighted by atomic mass is 19.4. The van der Waals surface area contributed by atoms with Crippen LogP contribution in [0.2, 0.25) is 0 Å². The Morgan fingerprint density at radius 2 is 2.22 bits per heavy atom. The van der Waals surface area contributed by atoms with Crippen molar-refractivity contribution in [1.29, 1.82) is 0 Å². The monoisotopic (exact) mass is 258 g/mol. The average molecular weight is 258 g/mol. The van der Waals surface area contributed by atoms with Crippen LogP contribution in [0.3, 0.4) is 0 Å². The molecule has 2 rings (SSSR count). The van der Waals surface area contributed by atoms with Crippen molar-refractivity contribution >= 4 is 12.1 Å². The van der Waals surface area contributed by atoms with Crippen molar-refractivity contribution in [3.8, 4) is 0 Å². The van der Waals surface area contributed by atoms with E-state index in [1.54, 1.807) is 4.90 Å². The molecular formula is C12H13F3N2O. The van der Waals surface area contributed by atoms with Crippen molar-refractivity contribution in [3.63, 3.8) is 0 Å². The lowest BCUT2D eigenvalue weighted by atomic mass is 9.99. The summed E-state index contributed by atoms with van der Waals surface area (Å²) >= 11 is 0. The molecule has 2 heterocycles. The Hall–Kier alpha value is -1.59. The van der Waals surface area contributed by atoms with E-state index in [9.17, 15) is 18.0 Å². The van der Waals surface area contributed by atoms with E-state index in [0.717, 1.165) is 18.8 Å². The number of pyridine rings is 1. The molecule has 1 unspecified atom stereocenters. The van der Waals surface area contributed by atoms with E-state index in [-0.39, 0.29) is 11.7 Å². The first-order valence-electron chi connectivity index (χ1n) is 5.75. The van der Waals surface area contributed by atoms with Crippen molar-refractivity contribution in [1.82, 2.24) is 4.98 Å². The lowest BCUT2D eigenvalue weighted by Gasteiger charge is -2.32. The zero-order valence-electron chi connectivity index (χ0n) is 9.65. The van der Waals surface area contributed by atoms with Gasteiger partial charge in [-0.15, -0.1) is 0 Å². The number of rotatable bonds is 2. The van der Waals surface area contributed by atoms with Gasteiger partial charge in [0.25, 0.3) is 0 Å². The van der Waals surface area contributed by atoms with E-state index >= 15 is 0 Å². The van der Waals surface area contributed by atoms with Crippen LogP contribution in [0.4, 0.5) is 19.0 Å². The summed E-state index contributed by atoms with van der Waals surface area (Å²) in [4.78, 5) is 16.1. The predicted octanol–water partition coefficient (Wildman–Crippen LogP) is 2.52. The maximum Gasteiger partial charge on any atom is 0.419 e. The highest BCUT2D eigenvalue weighted by Crippen LogP contribution is 2.36. The lowest BCUT2D eigenvalue weighted by molar-refractivity contribution is -0.137. The standard InChI is InChI=1S/C12H13F3N2O/c13-12(14,15)10-4-1-5-16-11(10)17-6-2-3-9(7-17)8-18/h1,4-5,8-9H,2-3,6-7H2. The van der Waals surface area contributed by atoms with E-state index in [1.807, 2.05) is 0 Å². The van der Waals surface area contributed by atoms with Crippen LogP contribution in [0.25, 0.3) is 0 Å². The number of carbonyl (C=O) groups excluding carboxylic acids is 1. The van der Waals surface area contributed by atoms with Crippen molar-refractivity contribution < 1.29 is 18.0 Å². The number of alkyl halides is 3. The number of hydrogen-bond acceptors (Lipinski definition) is 3. The molecule has 1 fully saturated rings. The van der Waals surface area contributed by atoms with Crippen LogP contribution >= 0.6 is 0 Å². The minimum absolute atomic E-state index is 0.0726. The second-order valence-corrected chi connectivity index (χ2v) is 4.36. The fourth-order valence-corrected chi connectivity index (χ4v) is 2.18. The Morgan fingerprint density at radius 1 is 1.44 bits per heavy atom. The second-order valence-electron chi connectivity index (χ2n) is 4.36. The first kappa shape index (κ1) is 12.9. The van der Waals surface area contributed by atoms with Gasteiger partial charge in [0.1, 0.15) is 12.1 Å². The van der Waals surface area contributed by atoms with Crippen LogP contribution in [0.15, 0.2) is 18.3 Å². The number of halogens is 3. The number of aldehydes is 1. The molecule has 0 radical (unpaired) electrons. The number of nitrogens with zero attached hydrogens (tertiary/aromatic N) is 2. The zero-order chi connectivity index (χ0) is 13.2. The van der Waals surface area contributed by atoms with Crippen LogP contribution in [0.5, 0.6) is 0 Å². The van der Waals surface area contributed by atoms with Gasteiger partial charge in [-0.2, -0.15) is 13.2 Å². The number of piperidine rings is 1. The van der Waals surface area contributed by atoms with E-state index in [0.29, 0.717) is 19.5 Å². The third-order valence-corrected chi connectivity index (χ3v) is 3.04. The van der Waals surface area contributed by atoms with Crippen molar-refractivity contribution in [3.05, 3.63) is 23.9 Å². The molecule has 0 bridgehead atoms. The molecule has 0 N–H and O–H groups in total.